The van der Waals surface area contributed by atoms with Crippen molar-refractivity contribution in [3.63, 3.8) is 0 Å². The number of aryl methyl sites for hydroxylation is 1. The van der Waals surface area contributed by atoms with Crippen molar-refractivity contribution in [3.05, 3.63) is 80.6 Å². The second-order valence-electron chi connectivity index (χ2n) is 7.59. The van der Waals surface area contributed by atoms with Gasteiger partial charge in [0.1, 0.15) is 5.75 Å². The Balaban J connectivity index is 1.94. The van der Waals surface area contributed by atoms with Crippen LogP contribution in [0.4, 0.5) is 0 Å². The minimum Gasteiger partial charge on any atom is -0.497 e. The highest BCUT2D eigenvalue weighted by Gasteiger charge is 2.12. The summed E-state index contributed by atoms with van der Waals surface area (Å²) in [6, 6.07) is 14.6. The van der Waals surface area contributed by atoms with Crippen molar-refractivity contribution >= 4 is 23.2 Å². The first-order valence-corrected chi connectivity index (χ1v) is 10.9. The molecule has 0 saturated heterocycles. The Kier molecular flexibility index (Phi) is 7.07. The first-order valence-electron chi connectivity index (χ1n) is 10.1. The summed E-state index contributed by atoms with van der Waals surface area (Å²) >= 11 is 1.48. The van der Waals surface area contributed by atoms with Crippen molar-refractivity contribution in [1.29, 1.82) is 0 Å². The van der Waals surface area contributed by atoms with Gasteiger partial charge in [-0.25, -0.2) is 0 Å². The summed E-state index contributed by atoms with van der Waals surface area (Å²) in [6.45, 7) is 8.40. The standard InChI is InChI=1S/C24H27N3O3S/c1-15(2)25-22(28)19-9-6-8-18(12-19)14-27-16(3)17(4)31-24(27)26-23(29)20-10-7-11-21(13-20)30-5/h6-13,15H,14H2,1-5H3,(H,25,28). The van der Waals surface area contributed by atoms with Gasteiger partial charge in [-0.15, -0.1) is 11.3 Å². The van der Waals surface area contributed by atoms with Crippen LogP contribution in [-0.2, 0) is 6.54 Å². The maximum atomic E-state index is 12.8. The number of nitrogens with one attached hydrogen (secondary N) is 1. The van der Waals surface area contributed by atoms with Gasteiger partial charge >= 0.3 is 0 Å². The van der Waals surface area contributed by atoms with Gasteiger partial charge in [-0.2, -0.15) is 4.99 Å². The number of amides is 2. The molecule has 3 aromatic rings. The number of carbonyl (C=O) groups is 2. The lowest BCUT2D eigenvalue weighted by Gasteiger charge is -2.11. The third kappa shape index (κ3) is 5.49. The molecule has 0 radical (unpaired) electrons. The zero-order chi connectivity index (χ0) is 22.5. The van der Waals surface area contributed by atoms with E-state index in [1.807, 2.05) is 50.5 Å². The summed E-state index contributed by atoms with van der Waals surface area (Å²) in [7, 11) is 1.57. The molecule has 1 aromatic heterocycles. The van der Waals surface area contributed by atoms with Gasteiger partial charge in [-0.05, 0) is 63.6 Å². The maximum absolute atomic E-state index is 12.8. The third-order valence-electron chi connectivity index (χ3n) is 4.85. The summed E-state index contributed by atoms with van der Waals surface area (Å²) < 4.78 is 7.22. The lowest BCUT2D eigenvalue weighted by atomic mass is 10.1. The number of benzene rings is 2. The van der Waals surface area contributed by atoms with Crippen LogP contribution in [0.3, 0.4) is 0 Å². The smallest absolute Gasteiger partial charge is 0.279 e. The van der Waals surface area contributed by atoms with Gasteiger partial charge in [0, 0.05) is 27.7 Å². The number of ether oxygens (including phenoxy) is 1. The molecule has 0 unspecified atom stereocenters. The molecular formula is C24H27N3O3S. The second kappa shape index (κ2) is 9.75. The van der Waals surface area contributed by atoms with E-state index in [1.165, 1.54) is 11.3 Å². The first kappa shape index (κ1) is 22.5. The van der Waals surface area contributed by atoms with E-state index in [9.17, 15) is 9.59 Å². The zero-order valence-electron chi connectivity index (χ0n) is 18.4. The Hall–Kier alpha value is -3.19. The van der Waals surface area contributed by atoms with Gasteiger partial charge in [-0.1, -0.05) is 18.2 Å². The minimum absolute atomic E-state index is 0.0697. The van der Waals surface area contributed by atoms with Crippen LogP contribution >= 0.6 is 11.3 Å². The fourth-order valence-electron chi connectivity index (χ4n) is 3.12. The van der Waals surface area contributed by atoms with Gasteiger partial charge in [0.05, 0.1) is 13.7 Å². The van der Waals surface area contributed by atoms with Crippen LogP contribution in [-0.4, -0.2) is 29.5 Å². The van der Waals surface area contributed by atoms with Gasteiger partial charge in [0.25, 0.3) is 11.8 Å². The SMILES string of the molecule is COc1cccc(C(=O)N=c2sc(C)c(C)n2Cc2cccc(C(=O)NC(C)C)c2)c1. The Labute approximate surface area is 186 Å². The van der Waals surface area contributed by atoms with Crippen molar-refractivity contribution in [2.45, 2.75) is 40.3 Å². The summed E-state index contributed by atoms with van der Waals surface area (Å²) in [5, 5.41) is 2.91. The number of hydrogen-bond acceptors (Lipinski definition) is 4. The summed E-state index contributed by atoms with van der Waals surface area (Å²) in [4.78, 5) is 31.2. The highest BCUT2D eigenvalue weighted by atomic mass is 32.1. The van der Waals surface area contributed by atoms with Gasteiger partial charge in [0.2, 0.25) is 0 Å². The Bertz CT molecular complexity index is 1170. The molecule has 1 N–H and O–H groups in total. The number of aromatic nitrogens is 1. The molecule has 6 nitrogen and oxygen atoms in total. The number of hydrogen-bond donors (Lipinski definition) is 1. The molecule has 2 amide bonds. The van der Waals surface area contributed by atoms with Gasteiger partial charge < -0.3 is 14.6 Å². The number of methoxy groups -OCH3 is 1. The van der Waals surface area contributed by atoms with E-state index in [0.717, 1.165) is 16.1 Å². The van der Waals surface area contributed by atoms with E-state index in [4.69, 9.17) is 4.74 Å². The molecule has 0 bridgehead atoms. The molecule has 2 aromatic carbocycles. The average Bonchev–Trinajstić information content (AvgIpc) is 3.01. The first-order chi connectivity index (χ1) is 14.8. The van der Waals surface area contributed by atoms with Crippen LogP contribution in [0.15, 0.2) is 53.5 Å². The molecular weight excluding hydrogens is 410 g/mol. The Morgan fingerprint density at radius 3 is 2.52 bits per heavy atom. The van der Waals surface area contributed by atoms with Crippen LogP contribution in [0.25, 0.3) is 0 Å². The predicted molar refractivity (Wildman–Crippen MR) is 123 cm³/mol. The van der Waals surface area contributed by atoms with Crippen LogP contribution in [0.5, 0.6) is 5.75 Å². The van der Waals surface area contributed by atoms with Crippen LogP contribution in [0.2, 0.25) is 0 Å². The molecule has 1 heterocycles. The summed E-state index contributed by atoms with van der Waals surface area (Å²) in [6.07, 6.45) is 0. The largest absolute Gasteiger partial charge is 0.497 e. The van der Waals surface area contributed by atoms with E-state index in [2.05, 4.69) is 10.3 Å². The molecule has 7 heteroatoms. The molecule has 0 saturated carbocycles. The average molecular weight is 438 g/mol. The Morgan fingerprint density at radius 1 is 1.10 bits per heavy atom. The summed E-state index contributed by atoms with van der Waals surface area (Å²) in [5.41, 5.74) is 3.09. The molecule has 0 atom stereocenters. The number of nitrogens with zero attached hydrogens (tertiary/aromatic N) is 2. The lowest BCUT2D eigenvalue weighted by molar-refractivity contribution is 0.0942. The number of carbonyl (C=O) groups excluding carboxylic acids is 2. The topological polar surface area (TPSA) is 72.7 Å². The maximum Gasteiger partial charge on any atom is 0.279 e. The van der Waals surface area contributed by atoms with E-state index in [1.54, 1.807) is 37.4 Å². The molecule has 0 aliphatic heterocycles. The second-order valence-corrected chi connectivity index (χ2v) is 8.77. The minimum atomic E-state index is -0.320. The van der Waals surface area contributed by atoms with Gasteiger partial charge in [-0.3, -0.25) is 9.59 Å². The van der Waals surface area contributed by atoms with Crippen LogP contribution in [0, 0.1) is 13.8 Å². The van der Waals surface area contributed by atoms with E-state index in [-0.39, 0.29) is 17.9 Å². The molecule has 162 valence electrons. The number of rotatable bonds is 6. The van der Waals surface area contributed by atoms with Crippen molar-refractivity contribution in [1.82, 2.24) is 9.88 Å². The van der Waals surface area contributed by atoms with Crippen molar-refractivity contribution in [3.8, 4) is 5.75 Å². The summed E-state index contributed by atoms with van der Waals surface area (Å²) in [5.74, 6) is 0.195. The highest BCUT2D eigenvalue weighted by molar-refractivity contribution is 7.09. The normalized spacial score (nSPS) is 11.6. The molecule has 0 aliphatic carbocycles. The van der Waals surface area contributed by atoms with Crippen molar-refractivity contribution in [2.24, 2.45) is 4.99 Å². The monoisotopic (exact) mass is 437 g/mol. The quantitative estimate of drug-likeness (QED) is 0.631. The Morgan fingerprint density at radius 2 is 1.81 bits per heavy atom. The lowest BCUT2D eigenvalue weighted by Crippen LogP contribution is -2.30. The fraction of sp³-hybridized carbons (Fsp3) is 0.292. The van der Waals surface area contributed by atoms with Crippen molar-refractivity contribution in [2.75, 3.05) is 7.11 Å². The van der Waals surface area contributed by atoms with E-state index in [0.29, 0.717) is 28.2 Å². The molecule has 3 rings (SSSR count). The molecule has 0 spiro atoms. The van der Waals surface area contributed by atoms with Crippen LogP contribution in [0.1, 0.15) is 50.7 Å². The molecule has 0 fully saturated rings. The molecule has 0 aliphatic rings. The van der Waals surface area contributed by atoms with E-state index >= 15 is 0 Å². The van der Waals surface area contributed by atoms with Crippen LogP contribution < -0.4 is 14.9 Å². The highest BCUT2D eigenvalue weighted by Crippen LogP contribution is 2.16. The fourth-order valence-corrected chi connectivity index (χ4v) is 4.09. The number of thiazole rings is 1. The predicted octanol–water partition coefficient (Wildman–Crippen LogP) is 4.10. The van der Waals surface area contributed by atoms with Crippen molar-refractivity contribution < 1.29 is 14.3 Å². The van der Waals surface area contributed by atoms with E-state index < -0.39 is 0 Å². The van der Waals surface area contributed by atoms with Gasteiger partial charge in [0.15, 0.2) is 4.80 Å². The third-order valence-corrected chi connectivity index (χ3v) is 5.95. The molecule has 31 heavy (non-hydrogen) atoms. The zero-order valence-corrected chi connectivity index (χ0v) is 19.2.